The van der Waals surface area contributed by atoms with Crippen molar-refractivity contribution >= 4 is 15.7 Å². The molecule has 0 bridgehead atoms. The molecule has 1 aromatic carbocycles. The minimum Gasteiger partial charge on any atom is -0.356 e. The molecule has 1 rings (SSSR count). The first kappa shape index (κ1) is 16.7. The largest absolute Gasteiger partial charge is 0.356 e. The fourth-order valence-corrected chi connectivity index (χ4v) is 2.84. The summed E-state index contributed by atoms with van der Waals surface area (Å²) in [7, 11) is -3.20. The van der Waals surface area contributed by atoms with Gasteiger partial charge in [0.2, 0.25) is 5.91 Å². The Hall–Kier alpha value is -1.36. The van der Waals surface area contributed by atoms with Gasteiger partial charge >= 0.3 is 0 Å². The Morgan fingerprint density at radius 1 is 1.20 bits per heavy atom. The lowest BCUT2D eigenvalue weighted by Crippen LogP contribution is -2.25. The summed E-state index contributed by atoms with van der Waals surface area (Å²) in [6.07, 6.45) is 2.09. The van der Waals surface area contributed by atoms with Gasteiger partial charge in [0.25, 0.3) is 0 Å². The molecule has 0 saturated carbocycles. The van der Waals surface area contributed by atoms with Gasteiger partial charge in [0.15, 0.2) is 9.84 Å². The lowest BCUT2D eigenvalue weighted by atomic mass is 10.1. The number of benzene rings is 1. The maximum absolute atomic E-state index is 12.0. The van der Waals surface area contributed by atoms with E-state index in [4.69, 9.17) is 0 Å². The van der Waals surface area contributed by atoms with Crippen LogP contribution in [0.4, 0.5) is 0 Å². The number of amides is 1. The van der Waals surface area contributed by atoms with Gasteiger partial charge in [-0.25, -0.2) is 8.42 Å². The van der Waals surface area contributed by atoms with Gasteiger partial charge in [-0.3, -0.25) is 4.79 Å². The first-order valence-electron chi connectivity index (χ1n) is 6.97. The lowest BCUT2D eigenvalue weighted by molar-refractivity contribution is -0.121. The van der Waals surface area contributed by atoms with Crippen LogP contribution >= 0.6 is 0 Å². The number of hydrogen-bond acceptors (Lipinski definition) is 3. The van der Waals surface area contributed by atoms with Crippen molar-refractivity contribution in [3.05, 3.63) is 29.8 Å². The Labute approximate surface area is 121 Å². The van der Waals surface area contributed by atoms with Gasteiger partial charge in [0.05, 0.1) is 10.1 Å². The third kappa shape index (κ3) is 4.63. The Kier molecular flexibility index (Phi) is 6.20. The summed E-state index contributed by atoms with van der Waals surface area (Å²) >= 11 is 0. The molecule has 0 radical (unpaired) electrons. The third-order valence-corrected chi connectivity index (χ3v) is 5.26. The van der Waals surface area contributed by atoms with E-state index in [9.17, 15) is 13.2 Å². The molecule has 0 aliphatic carbocycles. The average molecular weight is 297 g/mol. The fourth-order valence-electron chi connectivity index (χ4n) is 1.78. The molecule has 1 aromatic rings. The van der Waals surface area contributed by atoms with E-state index >= 15 is 0 Å². The van der Waals surface area contributed by atoms with Crippen LogP contribution in [0.15, 0.2) is 29.2 Å². The van der Waals surface area contributed by atoms with Crippen LogP contribution in [-0.4, -0.2) is 26.1 Å². The molecule has 0 atom stereocenters. The van der Waals surface area contributed by atoms with Gasteiger partial charge in [-0.1, -0.05) is 19.1 Å². The maximum atomic E-state index is 12.0. The Balaban J connectivity index is 2.58. The van der Waals surface area contributed by atoms with E-state index in [2.05, 4.69) is 5.32 Å². The van der Waals surface area contributed by atoms with Crippen molar-refractivity contribution in [2.45, 2.75) is 50.2 Å². The summed E-state index contributed by atoms with van der Waals surface area (Å²) in [6.45, 7) is 5.89. The molecule has 0 unspecified atom stereocenters. The molecule has 0 aliphatic rings. The smallest absolute Gasteiger partial charge is 0.219 e. The second-order valence-electron chi connectivity index (χ2n) is 5.09. The molecule has 0 spiro atoms. The number of rotatable bonds is 7. The molecule has 0 saturated heterocycles. The highest BCUT2D eigenvalue weighted by atomic mass is 32.2. The van der Waals surface area contributed by atoms with Crippen molar-refractivity contribution in [2.75, 3.05) is 6.54 Å². The molecule has 4 nitrogen and oxygen atoms in total. The van der Waals surface area contributed by atoms with Crippen molar-refractivity contribution in [2.24, 2.45) is 0 Å². The van der Waals surface area contributed by atoms with E-state index < -0.39 is 15.1 Å². The topological polar surface area (TPSA) is 63.2 Å². The highest BCUT2D eigenvalue weighted by Crippen LogP contribution is 2.16. The zero-order chi connectivity index (χ0) is 15.2. The van der Waals surface area contributed by atoms with Crippen molar-refractivity contribution < 1.29 is 13.2 Å². The molecule has 20 heavy (non-hydrogen) atoms. The second kappa shape index (κ2) is 7.43. The molecule has 5 heteroatoms. The van der Waals surface area contributed by atoms with Crippen LogP contribution in [-0.2, 0) is 21.1 Å². The number of carbonyl (C=O) groups excluding carboxylic acids is 1. The molecular weight excluding hydrogens is 274 g/mol. The third-order valence-electron chi connectivity index (χ3n) is 3.09. The molecule has 1 N–H and O–H groups in total. The first-order valence-corrected chi connectivity index (χ1v) is 8.52. The highest BCUT2D eigenvalue weighted by Gasteiger charge is 2.18. The monoisotopic (exact) mass is 297 g/mol. The van der Waals surface area contributed by atoms with Crippen LogP contribution < -0.4 is 5.32 Å². The quantitative estimate of drug-likeness (QED) is 0.840. The van der Waals surface area contributed by atoms with E-state index in [-0.39, 0.29) is 5.91 Å². The molecule has 0 aromatic heterocycles. The van der Waals surface area contributed by atoms with Gasteiger partial charge in [-0.05, 0) is 44.4 Å². The van der Waals surface area contributed by atoms with Gasteiger partial charge in [0, 0.05) is 13.0 Å². The summed E-state index contributed by atoms with van der Waals surface area (Å²) in [4.78, 5) is 11.7. The fraction of sp³-hybridized carbons (Fsp3) is 0.533. The molecule has 0 aliphatic heterocycles. The van der Waals surface area contributed by atoms with Crippen LogP contribution in [0, 0.1) is 0 Å². The van der Waals surface area contributed by atoms with Crippen molar-refractivity contribution in [1.29, 1.82) is 0 Å². The number of carbonyl (C=O) groups is 1. The van der Waals surface area contributed by atoms with Crippen molar-refractivity contribution in [3.63, 3.8) is 0 Å². The van der Waals surface area contributed by atoms with Crippen LogP contribution in [0.5, 0.6) is 0 Å². The summed E-state index contributed by atoms with van der Waals surface area (Å²) in [6, 6.07) is 6.89. The lowest BCUT2D eigenvalue weighted by Gasteiger charge is -2.09. The summed E-state index contributed by atoms with van der Waals surface area (Å²) in [5, 5.41) is 2.42. The zero-order valence-electron chi connectivity index (χ0n) is 12.3. The van der Waals surface area contributed by atoms with Crippen LogP contribution in [0.2, 0.25) is 0 Å². The second-order valence-corrected chi connectivity index (χ2v) is 7.59. The normalized spacial score (nSPS) is 11.6. The minimum absolute atomic E-state index is 0.0616. The molecule has 0 heterocycles. The predicted molar refractivity (Wildman–Crippen MR) is 80.4 cm³/mol. The first-order chi connectivity index (χ1) is 9.37. The Morgan fingerprint density at radius 3 is 2.30 bits per heavy atom. The SMILES string of the molecule is CCCC(=O)NCCc1ccc(S(=O)(=O)C(C)C)cc1. The van der Waals surface area contributed by atoms with Crippen molar-refractivity contribution in [1.82, 2.24) is 5.32 Å². The van der Waals surface area contributed by atoms with E-state index in [1.54, 1.807) is 38.1 Å². The Morgan fingerprint density at radius 2 is 1.80 bits per heavy atom. The number of hydrogen-bond donors (Lipinski definition) is 1. The average Bonchev–Trinajstić information content (AvgIpc) is 2.39. The Bertz CT molecular complexity index is 533. The zero-order valence-corrected chi connectivity index (χ0v) is 13.2. The van der Waals surface area contributed by atoms with Crippen molar-refractivity contribution in [3.8, 4) is 0 Å². The molecule has 0 fully saturated rings. The summed E-state index contributed by atoms with van der Waals surface area (Å²) in [5.74, 6) is 0.0616. The van der Waals surface area contributed by atoms with E-state index in [1.165, 1.54) is 0 Å². The van der Waals surface area contributed by atoms with Crippen LogP contribution in [0.25, 0.3) is 0 Å². The molecule has 1 amide bonds. The van der Waals surface area contributed by atoms with Gasteiger partial charge in [-0.15, -0.1) is 0 Å². The van der Waals surface area contributed by atoms with E-state index in [0.29, 0.717) is 24.3 Å². The highest BCUT2D eigenvalue weighted by molar-refractivity contribution is 7.92. The molecule has 112 valence electrons. The van der Waals surface area contributed by atoms with Crippen LogP contribution in [0.3, 0.4) is 0 Å². The summed E-state index contributed by atoms with van der Waals surface area (Å²) < 4.78 is 23.9. The van der Waals surface area contributed by atoms with Crippen LogP contribution in [0.1, 0.15) is 39.2 Å². The van der Waals surface area contributed by atoms with Gasteiger partial charge in [-0.2, -0.15) is 0 Å². The van der Waals surface area contributed by atoms with E-state index in [1.807, 2.05) is 6.92 Å². The molecular formula is C15H23NO3S. The van der Waals surface area contributed by atoms with Gasteiger partial charge in [0.1, 0.15) is 0 Å². The number of nitrogens with one attached hydrogen (secondary N) is 1. The van der Waals surface area contributed by atoms with Gasteiger partial charge < -0.3 is 5.32 Å². The standard InChI is InChI=1S/C15H23NO3S/c1-4-5-15(17)16-11-10-13-6-8-14(9-7-13)20(18,19)12(2)3/h6-9,12H,4-5,10-11H2,1-3H3,(H,16,17). The minimum atomic E-state index is -3.20. The van der Waals surface area contributed by atoms with E-state index in [0.717, 1.165) is 12.0 Å². The predicted octanol–water partition coefficient (Wildman–Crippen LogP) is 2.33. The summed E-state index contributed by atoms with van der Waals surface area (Å²) in [5.41, 5.74) is 1.02. The number of sulfone groups is 1. The maximum Gasteiger partial charge on any atom is 0.219 e.